The summed E-state index contributed by atoms with van der Waals surface area (Å²) < 4.78 is 10.1. The first-order valence-corrected chi connectivity index (χ1v) is 9.76. The lowest BCUT2D eigenvalue weighted by molar-refractivity contribution is -0.149. The van der Waals surface area contributed by atoms with Gasteiger partial charge in [-0.2, -0.15) is 11.8 Å². The highest BCUT2D eigenvalue weighted by molar-refractivity contribution is 7.98. The minimum atomic E-state index is -0.860. The second-order valence-corrected chi connectivity index (χ2v) is 6.74. The number of carbonyl (C=O) groups excluding carboxylic acids is 3. The average Bonchev–Trinajstić information content (AvgIpc) is 3.20. The zero-order valence-corrected chi connectivity index (χ0v) is 16.0. The van der Waals surface area contributed by atoms with Crippen LogP contribution < -0.4 is 10.6 Å². The Hall–Kier alpha value is -2.74. The van der Waals surface area contributed by atoms with Gasteiger partial charge in [0.25, 0.3) is 11.8 Å². The van der Waals surface area contributed by atoms with Crippen molar-refractivity contribution in [1.29, 1.82) is 0 Å². The van der Waals surface area contributed by atoms with Crippen molar-refractivity contribution in [3.8, 4) is 0 Å². The molecule has 2 rings (SSSR count). The summed E-state index contributed by atoms with van der Waals surface area (Å²) in [5.74, 6) is -0.864. The fourth-order valence-electron chi connectivity index (χ4n) is 2.26. The molecule has 1 atom stereocenters. The van der Waals surface area contributed by atoms with Crippen LogP contribution in [-0.2, 0) is 14.3 Å². The standard InChI is InChI=1S/C19H22N2O5S/c1-13-6-3-4-7-14(13)20-17(22)12-26-19(24)15(9-11-27-2)21-18(23)16-8-5-10-25-16/h3-8,10,15H,9,11-12H2,1-2H3,(H,20,22)(H,21,23). The number of ether oxygens (including phenoxy) is 1. The Labute approximate surface area is 161 Å². The van der Waals surface area contributed by atoms with E-state index in [-0.39, 0.29) is 5.76 Å². The van der Waals surface area contributed by atoms with Gasteiger partial charge in [0.1, 0.15) is 6.04 Å². The quantitative estimate of drug-likeness (QED) is 0.639. The molecule has 2 aromatic rings. The third-order valence-electron chi connectivity index (χ3n) is 3.71. The lowest BCUT2D eigenvalue weighted by Crippen LogP contribution is -2.43. The predicted molar refractivity (Wildman–Crippen MR) is 104 cm³/mol. The molecule has 0 aliphatic heterocycles. The Morgan fingerprint density at radius 2 is 1.96 bits per heavy atom. The number of rotatable bonds is 9. The van der Waals surface area contributed by atoms with Gasteiger partial charge in [-0.3, -0.25) is 9.59 Å². The van der Waals surface area contributed by atoms with Crippen LogP contribution in [0.3, 0.4) is 0 Å². The summed E-state index contributed by atoms with van der Waals surface area (Å²) in [6, 6.07) is 9.52. The fourth-order valence-corrected chi connectivity index (χ4v) is 2.73. The highest BCUT2D eigenvalue weighted by Gasteiger charge is 2.24. The van der Waals surface area contributed by atoms with Gasteiger partial charge in [0.05, 0.1) is 6.26 Å². The molecule has 0 saturated carbocycles. The number of carbonyl (C=O) groups is 3. The molecule has 1 heterocycles. The molecule has 0 spiro atoms. The molecule has 0 fully saturated rings. The molecule has 2 N–H and O–H groups in total. The van der Waals surface area contributed by atoms with Crippen LogP contribution in [0.1, 0.15) is 22.5 Å². The summed E-state index contributed by atoms with van der Waals surface area (Å²) in [5, 5.41) is 5.27. The molecule has 1 aromatic carbocycles. The number of aryl methyl sites for hydroxylation is 1. The van der Waals surface area contributed by atoms with Gasteiger partial charge >= 0.3 is 5.97 Å². The van der Waals surface area contributed by atoms with Crippen molar-refractivity contribution in [3.05, 3.63) is 54.0 Å². The molecule has 8 heteroatoms. The van der Waals surface area contributed by atoms with Gasteiger partial charge in [0, 0.05) is 5.69 Å². The molecule has 2 amide bonds. The molecule has 0 aliphatic rings. The van der Waals surface area contributed by atoms with Crippen molar-refractivity contribution in [2.45, 2.75) is 19.4 Å². The van der Waals surface area contributed by atoms with E-state index in [4.69, 9.17) is 9.15 Å². The number of para-hydroxylation sites is 1. The Morgan fingerprint density at radius 1 is 1.19 bits per heavy atom. The van der Waals surface area contributed by atoms with E-state index in [9.17, 15) is 14.4 Å². The second-order valence-electron chi connectivity index (χ2n) is 5.76. The van der Waals surface area contributed by atoms with Gasteiger partial charge < -0.3 is 19.8 Å². The highest BCUT2D eigenvalue weighted by atomic mass is 32.2. The maximum Gasteiger partial charge on any atom is 0.329 e. The number of thioether (sulfide) groups is 1. The van der Waals surface area contributed by atoms with E-state index in [1.165, 1.54) is 24.1 Å². The van der Waals surface area contributed by atoms with Crippen LogP contribution in [0.25, 0.3) is 0 Å². The average molecular weight is 390 g/mol. The molecule has 0 bridgehead atoms. The van der Waals surface area contributed by atoms with E-state index in [2.05, 4.69) is 10.6 Å². The molecule has 7 nitrogen and oxygen atoms in total. The van der Waals surface area contributed by atoms with Crippen molar-refractivity contribution >= 4 is 35.2 Å². The Bertz CT molecular complexity index is 776. The summed E-state index contributed by atoms with van der Waals surface area (Å²) in [6.07, 6.45) is 3.65. The Balaban J connectivity index is 1.89. The highest BCUT2D eigenvalue weighted by Crippen LogP contribution is 2.13. The van der Waals surface area contributed by atoms with Gasteiger partial charge in [-0.15, -0.1) is 0 Å². The van der Waals surface area contributed by atoms with Crippen molar-refractivity contribution in [1.82, 2.24) is 5.32 Å². The van der Waals surface area contributed by atoms with Crippen LogP contribution >= 0.6 is 11.8 Å². The van der Waals surface area contributed by atoms with Crippen molar-refractivity contribution < 1.29 is 23.5 Å². The number of esters is 1. The Kier molecular flexibility index (Phi) is 7.94. The molecule has 0 radical (unpaired) electrons. The largest absolute Gasteiger partial charge is 0.459 e. The van der Waals surface area contributed by atoms with E-state index in [0.717, 1.165) is 5.56 Å². The van der Waals surface area contributed by atoms with Crippen LogP contribution in [0.15, 0.2) is 47.1 Å². The number of nitrogens with one attached hydrogen (secondary N) is 2. The van der Waals surface area contributed by atoms with E-state index in [1.807, 2.05) is 25.3 Å². The van der Waals surface area contributed by atoms with E-state index in [0.29, 0.717) is 17.9 Å². The fraction of sp³-hybridized carbons (Fsp3) is 0.316. The minimum absolute atomic E-state index is 0.106. The minimum Gasteiger partial charge on any atom is -0.459 e. The molecule has 1 aromatic heterocycles. The summed E-state index contributed by atoms with van der Waals surface area (Å²) in [7, 11) is 0. The third-order valence-corrected chi connectivity index (χ3v) is 4.35. The molecule has 0 saturated heterocycles. The van der Waals surface area contributed by atoms with Gasteiger partial charge in [0.2, 0.25) is 0 Å². The van der Waals surface area contributed by atoms with E-state index < -0.39 is 30.4 Å². The molecule has 27 heavy (non-hydrogen) atoms. The van der Waals surface area contributed by atoms with Crippen LogP contribution in [0.4, 0.5) is 5.69 Å². The van der Waals surface area contributed by atoms with Crippen LogP contribution in [0, 0.1) is 6.92 Å². The number of anilines is 1. The van der Waals surface area contributed by atoms with Crippen LogP contribution in [0.5, 0.6) is 0 Å². The lowest BCUT2D eigenvalue weighted by Gasteiger charge is -2.16. The number of hydrogen-bond acceptors (Lipinski definition) is 6. The van der Waals surface area contributed by atoms with Gasteiger partial charge in [-0.05, 0) is 49.1 Å². The summed E-state index contributed by atoms with van der Waals surface area (Å²) in [4.78, 5) is 36.4. The van der Waals surface area contributed by atoms with E-state index >= 15 is 0 Å². The second kappa shape index (κ2) is 10.4. The van der Waals surface area contributed by atoms with Gasteiger partial charge in [0.15, 0.2) is 12.4 Å². The van der Waals surface area contributed by atoms with Crippen molar-refractivity contribution in [2.24, 2.45) is 0 Å². The van der Waals surface area contributed by atoms with Crippen LogP contribution in [-0.4, -0.2) is 42.4 Å². The molecule has 0 aliphatic carbocycles. The first-order chi connectivity index (χ1) is 13.0. The smallest absolute Gasteiger partial charge is 0.329 e. The Morgan fingerprint density at radius 3 is 2.63 bits per heavy atom. The summed E-state index contributed by atoms with van der Waals surface area (Å²) in [6.45, 7) is 1.43. The normalized spacial score (nSPS) is 11.5. The summed E-state index contributed by atoms with van der Waals surface area (Å²) in [5.41, 5.74) is 1.56. The number of hydrogen-bond donors (Lipinski definition) is 2. The van der Waals surface area contributed by atoms with E-state index in [1.54, 1.807) is 18.2 Å². The number of benzene rings is 1. The van der Waals surface area contributed by atoms with Crippen LogP contribution in [0.2, 0.25) is 0 Å². The lowest BCUT2D eigenvalue weighted by atomic mass is 10.2. The van der Waals surface area contributed by atoms with Gasteiger partial charge in [-0.25, -0.2) is 4.79 Å². The number of furan rings is 1. The molecular formula is C19H22N2O5S. The monoisotopic (exact) mass is 390 g/mol. The SMILES string of the molecule is CSCCC(NC(=O)c1ccco1)C(=O)OCC(=O)Nc1ccccc1C. The zero-order valence-electron chi connectivity index (χ0n) is 15.2. The first-order valence-electron chi connectivity index (χ1n) is 8.36. The van der Waals surface area contributed by atoms with Gasteiger partial charge in [-0.1, -0.05) is 18.2 Å². The predicted octanol–water partition coefficient (Wildman–Crippen LogP) is 2.62. The summed E-state index contributed by atoms with van der Waals surface area (Å²) >= 11 is 1.54. The number of amides is 2. The third kappa shape index (κ3) is 6.49. The molecule has 144 valence electrons. The molecular weight excluding hydrogens is 368 g/mol. The van der Waals surface area contributed by atoms with Crippen molar-refractivity contribution in [3.63, 3.8) is 0 Å². The first kappa shape index (κ1) is 20.6. The maximum atomic E-state index is 12.3. The maximum absolute atomic E-state index is 12.3. The molecule has 1 unspecified atom stereocenters. The van der Waals surface area contributed by atoms with Crippen molar-refractivity contribution in [2.75, 3.05) is 23.9 Å². The topological polar surface area (TPSA) is 97.6 Å². The zero-order chi connectivity index (χ0) is 19.6.